The SMILES string of the molecule is CB1CC(c2ccccc2)(c2ccccc2)C2CCCN12. The quantitative estimate of drug-likeness (QED) is 0.747. The molecule has 2 aliphatic heterocycles. The summed E-state index contributed by atoms with van der Waals surface area (Å²) in [6, 6.07) is 23.1. The summed E-state index contributed by atoms with van der Waals surface area (Å²) in [5.74, 6) is 0. The minimum atomic E-state index is 0.179. The second-order valence-electron chi connectivity index (χ2n) is 6.65. The van der Waals surface area contributed by atoms with Crippen LogP contribution in [-0.2, 0) is 5.41 Å². The van der Waals surface area contributed by atoms with Crippen LogP contribution < -0.4 is 0 Å². The molecule has 21 heavy (non-hydrogen) atoms. The molecule has 0 amide bonds. The molecule has 0 aliphatic carbocycles. The highest BCUT2D eigenvalue weighted by molar-refractivity contribution is 6.56. The first-order valence-corrected chi connectivity index (χ1v) is 8.19. The molecule has 1 atom stereocenters. The summed E-state index contributed by atoms with van der Waals surface area (Å²) in [6.07, 6.45) is 3.91. The van der Waals surface area contributed by atoms with Crippen molar-refractivity contribution in [2.75, 3.05) is 6.54 Å². The number of nitrogens with zero attached hydrogens (tertiary/aromatic N) is 1. The molecule has 0 N–H and O–H groups in total. The van der Waals surface area contributed by atoms with E-state index in [1.807, 2.05) is 0 Å². The molecule has 1 unspecified atom stereocenters. The van der Waals surface area contributed by atoms with Crippen molar-refractivity contribution in [3.8, 4) is 0 Å². The third kappa shape index (κ3) is 1.89. The first kappa shape index (κ1) is 13.2. The highest BCUT2D eigenvalue weighted by Gasteiger charge is 2.54. The summed E-state index contributed by atoms with van der Waals surface area (Å²) in [5, 5.41) is 0. The Bertz CT molecular complexity index is 570. The van der Waals surface area contributed by atoms with E-state index >= 15 is 0 Å². The average Bonchev–Trinajstić information content (AvgIpc) is 3.13. The van der Waals surface area contributed by atoms with Gasteiger partial charge in [-0.1, -0.05) is 67.5 Å². The summed E-state index contributed by atoms with van der Waals surface area (Å²) in [4.78, 5) is 2.75. The molecule has 2 heteroatoms. The maximum atomic E-state index is 2.75. The molecule has 2 aromatic carbocycles. The van der Waals surface area contributed by atoms with Gasteiger partial charge in [-0.2, -0.15) is 0 Å². The molecule has 106 valence electrons. The van der Waals surface area contributed by atoms with Crippen LogP contribution in [-0.4, -0.2) is 24.2 Å². The second-order valence-corrected chi connectivity index (χ2v) is 6.65. The molecule has 0 aromatic heterocycles. The Morgan fingerprint density at radius 2 is 1.52 bits per heavy atom. The van der Waals surface area contributed by atoms with Gasteiger partial charge < -0.3 is 4.81 Å². The van der Waals surface area contributed by atoms with E-state index in [1.165, 1.54) is 36.8 Å². The van der Waals surface area contributed by atoms with Gasteiger partial charge in [0.05, 0.1) is 0 Å². The molecule has 4 rings (SSSR count). The number of fused-ring (bicyclic) bond motifs is 1. The first-order chi connectivity index (χ1) is 10.3. The van der Waals surface area contributed by atoms with Gasteiger partial charge in [-0.25, -0.2) is 0 Å². The van der Waals surface area contributed by atoms with Crippen molar-refractivity contribution >= 4 is 6.85 Å². The first-order valence-electron chi connectivity index (χ1n) is 8.19. The van der Waals surface area contributed by atoms with Gasteiger partial charge in [0.25, 0.3) is 0 Å². The lowest BCUT2D eigenvalue weighted by atomic mass is 9.54. The molecule has 2 heterocycles. The van der Waals surface area contributed by atoms with Crippen LogP contribution in [0.5, 0.6) is 0 Å². The van der Waals surface area contributed by atoms with E-state index in [9.17, 15) is 0 Å². The van der Waals surface area contributed by atoms with Crippen LogP contribution in [0.2, 0.25) is 13.1 Å². The monoisotopic (exact) mass is 275 g/mol. The second kappa shape index (κ2) is 5.03. The number of benzene rings is 2. The standard InChI is InChI=1S/C19H22BN/c1-20-15-19(16-9-4-2-5-10-16,17-11-6-3-7-12-17)18-13-8-14-21(18)20/h2-7,9-12,18H,8,13-15H2,1H3. The van der Waals surface area contributed by atoms with E-state index in [0.717, 1.165) is 0 Å². The van der Waals surface area contributed by atoms with E-state index in [0.29, 0.717) is 12.9 Å². The van der Waals surface area contributed by atoms with Crippen LogP contribution in [0, 0.1) is 0 Å². The average molecular weight is 275 g/mol. The summed E-state index contributed by atoms with van der Waals surface area (Å²) in [7, 11) is 0. The van der Waals surface area contributed by atoms with Crippen LogP contribution in [0.3, 0.4) is 0 Å². The topological polar surface area (TPSA) is 3.24 Å². The largest absolute Gasteiger partial charge is 0.338 e. The van der Waals surface area contributed by atoms with Crippen molar-refractivity contribution in [3.63, 3.8) is 0 Å². The summed E-state index contributed by atoms with van der Waals surface area (Å²) >= 11 is 0. The van der Waals surface area contributed by atoms with Crippen molar-refractivity contribution < 1.29 is 0 Å². The van der Waals surface area contributed by atoms with Gasteiger partial charge in [-0.3, -0.25) is 0 Å². The number of hydrogen-bond donors (Lipinski definition) is 0. The molecule has 2 fully saturated rings. The molecule has 0 spiro atoms. The summed E-state index contributed by atoms with van der Waals surface area (Å²) in [5.41, 5.74) is 3.17. The molecule has 2 saturated heterocycles. The van der Waals surface area contributed by atoms with Crippen molar-refractivity contribution in [2.45, 2.75) is 37.4 Å². The molecular formula is C19H22BN. The Hall–Kier alpha value is -1.54. The smallest absolute Gasteiger partial charge is 0.221 e. The third-order valence-electron chi connectivity index (χ3n) is 5.62. The fourth-order valence-electron chi connectivity index (χ4n) is 4.82. The normalized spacial score (nSPS) is 24.2. The van der Waals surface area contributed by atoms with Crippen LogP contribution in [0.4, 0.5) is 0 Å². The van der Waals surface area contributed by atoms with Crippen LogP contribution in [0.25, 0.3) is 0 Å². The van der Waals surface area contributed by atoms with Crippen molar-refractivity contribution in [1.29, 1.82) is 0 Å². The lowest BCUT2D eigenvalue weighted by Gasteiger charge is -2.37. The highest BCUT2D eigenvalue weighted by Crippen LogP contribution is 2.51. The van der Waals surface area contributed by atoms with E-state index in [2.05, 4.69) is 72.3 Å². The Kier molecular flexibility index (Phi) is 3.15. The third-order valence-corrected chi connectivity index (χ3v) is 5.62. The Morgan fingerprint density at radius 1 is 0.952 bits per heavy atom. The zero-order valence-electron chi connectivity index (χ0n) is 12.7. The Morgan fingerprint density at radius 3 is 2.10 bits per heavy atom. The lowest BCUT2D eigenvalue weighted by molar-refractivity contribution is 0.338. The Balaban J connectivity index is 1.92. The predicted molar refractivity (Wildman–Crippen MR) is 89.8 cm³/mol. The van der Waals surface area contributed by atoms with Gasteiger partial charge in [-0.05, 0) is 36.8 Å². The lowest BCUT2D eigenvalue weighted by Crippen LogP contribution is -2.40. The van der Waals surface area contributed by atoms with Crippen molar-refractivity contribution in [3.05, 3.63) is 71.8 Å². The molecular weight excluding hydrogens is 253 g/mol. The van der Waals surface area contributed by atoms with Gasteiger partial charge in [-0.15, -0.1) is 0 Å². The minimum Gasteiger partial charge on any atom is -0.338 e. The van der Waals surface area contributed by atoms with Gasteiger partial charge >= 0.3 is 0 Å². The van der Waals surface area contributed by atoms with Gasteiger partial charge in [0.15, 0.2) is 0 Å². The fourth-order valence-corrected chi connectivity index (χ4v) is 4.82. The molecule has 0 bridgehead atoms. The van der Waals surface area contributed by atoms with Crippen LogP contribution >= 0.6 is 0 Å². The summed E-state index contributed by atoms with van der Waals surface area (Å²) in [6.45, 7) is 4.36. The molecule has 0 radical (unpaired) electrons. The number of rotatable bonds is 2. The van der Waals surface area contributed by atoms with E-state index < -0.39 is 0 Å². The van der Waals surface area contributed by atoms with E-state index in [-0.39, 0.29) is 5.41 Å². The maximum Gasteiger partial charge on any atom is 0.221 e. The zero-order valence-corrected chi connectivity index (χ0v) is 12.7. The molecule has 0 saturated carbocycles. The van der Waals surface area contributed by atoms with Crippen LogP contribution in [0.15, 0.2) is 60.7 Å². The zero-order chi connectivity index (χ0) is 14.3. The van der Waals surface area contributed by atoms with Crippen molar-refractivity contribution in [1.82, 2.24) is 4.81 Å². The van der Waals surface area contributed by atoms with Gasteiger partial charge in [0.1, 0.15) is 0 Å². The van der Waals surface area contributed by atoms with E-state index in [1.54, 1.807) is 0 Å². The predicted octanol–water partition coefficient (Wildman–Crippen LogP) is 4.07. The highest BCUT2D eigenvalue weighted by atomic mass is 15.2. The van der Waals surface area contributed by atoms with Crippen LogP contribution in [0.1, 0.15) is 24.0 Å². The number of hydrogen-bond acceptors (Lipinski definition) is 1. The molecule has 2 aliphatic rings. The van der Waals surface area contributed by atoms with Gasteiger partial charge in [0, 0.05) is 11.5 Å². The van der Waals surface area contributed by atoms with Gasteiger partial charge in [0.2, 0.25) is 6.85 Å². The van der Waals surface area contributed by atoms with Crippen molar-refractivity contribution in [2.24, 2.45) is 0 Å². The Labute approximate surface area is 128 Å². The van der Waals surface area contributed by atoms with E-state index in [4.69, 9.17) is 0 Å². The summed E-state index contributed by atoms with van der Waals surface area (Å²) < 4.78 is 0. The fraction of sp³-hybridized carbons (Fsp3) is 0.368. The molecule has 2 aromatic rings. The minimum absolute atomic E-state index is 0.179. The molecule has 1 nitrogen and oxygen atoms in total. The maximum absolute atomic E-state index is 2.75.